The Balaban J connectivity index is 1.90. The standard InChI is InChI=1S/C23H42N6O/c1-8-27(9-2)20(14-17(3)4)16-24-23(30)29-12-10-28(11-13-29)21-15-19(7)25-22(26-21)18(5)6/h15,17-18,20H,8-14,16H2,1-7H3,(H,24,30). The molecule has 1 unspecified atom stereocenters. The first kappa shape index (κ1) is 24.4. The number of likely N-dealkylation sites (N-methyl/N-ethyl adjacent to an activating group) is 1. The van der Waals surface area contributed by atoms with Crippen molar-refractivity contribution in [2.75, 3.05) is 50.7 Å². The highest BCUT2D eigenvalue weighted by Gasteiger charge is 2.24. The molecule has 1 aromatic rings. The number of piperazine rings is 1. The number of nitrogens with zero attached hydrogens (tertiary/aromatic N) is 5. The van der Waals surface area contributed by atoms with E-state index in [1.807, 2.05) is 17.9 Å². The zero-order valence-corrected chi connectivity index (χ0v) is 20.1. The van der Waals surface area contributed by atoms with Gasteiger partial charge in [-0.3, -0.25) is 4.90 Å². The molecule has 7 nitrogen and oxygen atoms in total. The van der Waals surface area contributed by atoms with Crippen LogP contribution in [0.25, 0.3) is 0 Å². The molecule has 1 atom stereocenters. The Hall–Kier alpha value is -1.89. The van der Waals surface area contributed by atoms with Gasteiger partial charge in [-0.15, -0.1) is 0 Å². The highest BCUT2D eigenvalue weighted by atomic mass is 16.2. The van der Waals surface area contributed by atoms with Crippen LogP contribution in [0.1, 0.15) is 65.4 Å². The molecule has 2 heterocycles. The molecule has 0 aromatic carbocycles. The zero-order chi connectivity index (χ0) is 22.3. The van der Waals surface area contributed by atoms with E-state index >= 15 is 0 Å². The molecule has 2 amide bonds. The van der Waals surface area contributed by atoms with E-state index in [0.29, 0.717) is 37.5 Å². The second-order valence-electron chi connectivity index (χ2n) is 9.05. The number of hydrogen-bond donors (Lipinski definition) is 1. The molecule has 1 aliphatic heterocycles. The first-order valence-electron chi connectivity index (χ1n) is 11.6. The van der Waals surface area contributed by atoms with Crippen LogP contribution in [0.5, 0.6) is 0 Å². The summed E-state index contributed by atoms with van der Waals surface area (Å²) in [4.78, 5) is 28.7. The number of hydrogen-bond acceptors (Lipinski definition) is 5. The molecule has 1 saturated heterocycles. The number of nitrogens with one attached hydrogen (secondary N) is 1. The van der Waals surface area contributed by atoms with Crippen LogP contribution in [0.15, 0.2) is 6.07 Å². The van der Waals surface area contributed by atoms with Gasteiger partial charge in [-0.1, -0.05) is 41.5 Å². The summed E-state index contributed by atoms with van der Waals surface area (Å²) in [7, 11) is 0. The van der Waals surface area contributed by atoms with E-state index < -0.39 is 0 Å². The Morgan fingerprint density at radius 1 is 1.10 bits per heavy atom. The maximum atomic E-state index is 12.8. The molecule has 30 heavy (non-hydrogen) atoms. The Bertz CT molecular complexity index is 666. The molecule has 2 rings (SSSR count). The van der Waals surface area contributed by atoms with Crippen LogP contribution < -0.4 is 10.2 Å². The third-order valence-electron chi connectivity index (χ3n) is 5.83. The monoisotopic (exact) mass is 418 g/mol. The van der Waals surface area contributed by atoms with Crippen molar-refractivity contribution in [2.24, 2.45) is 5.92 Å². The first-order valence-corrected chi connectivity index (χ1v) is 11.6. The smallest absolute Gasteiger partial charge is 0.317 e. The van der Waals surface area contributed by atoms with E-state index in [-0.39, 0.29) is 6.03 Å². The van der Waals surface area contributed by atoms with Crippen LogP contribution in [0.2, 0.25) is 0 Å². The van der Waals surface area contributed by atoms with Gasteiger partial charge in [0, 0.05) is 56.4 Å². The quantitative estimate of drug-likeness (QED) is 0.665. The van der Waals surface area contributed by atoms with Gasteiger partial charge >= 0.3 is 6.03 Å². The van der Waals surface area contributed by atoms with Gasteiger partial charge in [0.1, 0.15) is 11.6 Å². The molecule has 0 spiro atoms. The van der Waals surface area contributed by atoms with Gasteiger partial charge < -0.3 is 15.1 Å². The highest BCUT2D eigenvalue weighted by molar-refractivity contribution is 5.74. The predicted molar refractivity (Wildman–Crippen MR) is 124 cm³/mol. The SMILES string of the molecule is CCN(CC)C(CNC(=O)N1CCN(c2cc(C)nc(C(C)C)n2)CC1)CC(C)C. The van der Waals surface area contributed by atoms with E-state index in [1.54, 1.807) is 0 Å². The fraction of sp³-hybridized carbons (Fsp3) is 0.783. The van der Waals surface area contributed by atoms with Gasteiger partial charge in [0.15, 0.2) is 0 Å². The zero-order valence-electron chi connectivity index (χ0n) is 20.1. The molecule has 7 heteroatoms. The lowest BCUT2D eigenvalue weighted by Gasteiger charge is -2.36. The molecule has 0 saturated carbocycles. The van der Waals surface area contributed by atoms with Crippen LogP contribution in [-0.2, 0) is 0 Å². The number of amides is 2. The van der Waals surface area contributed by atoms with Crippen molar-refractivity contribution in [3.8, 4) is 0 Å². The second-order valence-corrected chi connectivity index (χ2v) is 9.05. The molecule has 1 N–H and O–H groups in total. The molecule has 1 fully saturated rings. The fourth-order valence-corrected chi connectivity index (χ4v) is 4.10. The average molecular weight is 419 g/mol. The van der Waals surface area contributed by atoms with Gasteiger partial charge in [0.25, 0.3) is 0 Å². The van der Waals surface area contributed by atoms with E-state index in [4.69, 9.17) is 4.98 Å². The third kappa shape index (κ3) is 6.83. The normalized spacial score (nSPS) is 15.9. The second kappa shape index (κ2) is 11.5. The number of carbonyl (C=O) groups is 1. The summed E-state index contributed by atoms with van der Waals surface area (Å²) in [5.41, 5.74) is 0.997. The van der Waals surface area contributed by atoms with E-state index in [2.05, 4.69) is 61.6 Å². The lowest BCUT2D eigenvalue weighted by molar-refractivity contribution is 0.169. The minimum Gasteiger partial charge on any atom is -0.353 e. The number of anilines is 1. The van der Waals surface area contributed by atoms with Crippen LogP contribution in [0.4, 0.5) is 10.6 Å². The summed E-state index contributed by atoms with van der Waals surface area (Å²) >= 11 is 0. The number of carbonyl (C=O) groups excluding carboxylic acids is 1. The number of aryl methyl sites for hydroxylation is 1. The molecule has 170 valence electrons. The number of urea groups is 1. The summed E-state index contributed by atoms with van der Waals surface area (Å²) in [6.07, 6.45) is 1.10. The largest absolute Gasteiger partial charge is 0.353 e. The molecule has 1 aliphatic rings. The lowest BCUT2D eigenvalue weighted by Crippen LogP contribution is -2.54. The van der Waals surface area contributed by atoms with E-state index in [1.165, 1.54) is 0 Å². The minimum absolute atomic E-state index is 0.0531. The summed E-state index contributed by atoms with van der Waals surface area (Å²) in [6, 6.07) is 2.49. The molecule has 0 radical (unpaired) electrons. The summed E-state index contributed by atoms with van der Waals surface area (Å²) in [5.74, 6) is 2.78. The van der Waals surface area contributed by atoms with E-state index in [0.717, 1.165) is 49.9 Å². The Labute approximate surface area is 183 Å². The van der Waals surface area contributed by atoms with Gasteiger partial charge in [-0.25, -0.2) is 14.8 Å². The highest BCUT2D eigenvalue weighted by Crippen LogP contribution is 2.19. The third-order valence-corrected chi connectivity index (χ3v) is 5.83. The van der Waals surface area contributed by atoms with Gasteiger partial charge in [-0.05, 0) is 32.4 Å². The summed E-state index contributed by atoms with van der Waals surface area (Å²) in [6.45, 7) is 20.9. The Morgan fingerprint density at radius 2 is 1.73 bits per heavy atom. The van der Waals surface area contributed by atoms with Crippen LogP contribution in [0.3, 0.4) is 0 Å². The van der Waals surface area contributed by atoms with Crippen molar-refractivity contribution in [1.82, 2.24) is 25.1 Å². The van der Waals surface area contributed by atoms with Crippen LogP contribution in [0, 0.1) is 12.8 Å². The molecule has 1 aromatic heterocycles. The Morgan fingerprint density at radius 3 is 2.27 bits per heavy atom. The maximum Gasteiger partial charge on any atom is 0.317 e. The van der Waals surface area contributed by atoms with E-state index in [9.17, 15) is 4.79 Å². The molecule has 0 bridgehead atoms. The van der Waals surface area contributed by atoms with Crippen LogP contribution >= 0.6 is 0 Å². The summed E-state index contributed by atoms with van der Waals surface area (Å²) < 4.78 is 0. The topological polar surface area (TPSA) is 64.6 Å². The van der Waals surface area contributed by atoms with Crippen molar-refractivity contribution in [1.29, 1.82) is 0 Å². The first-order chi connectivity index (χ1) is 14.2. The number of aromatic nitrogens is 2. The summed E-state index contributed by atoms with van der Waals surface area (Å²) in [5, 5.41) is 3.20. The number of rotatable bonds is 9. The fourth-order valence-electron chi connectivity index (χ4n) is 4.10. The van der Waals surface area contributed by atoms with Gasteiger partial charge in [-0.2, -0.15) is 0 Å². The van der Waals surface area contributed by atoms with Gasteiger partial charge in [0.2, 0.25) is 0 Å². The van der Waals surface area contributed by atoms with Crippen molar-refractivity contribution in [2.45, 2.75) is 66.8 Å². The molecular weight excluding hydrogens is 376 g/mol. The average Bonchev–Trinajstić information content (AvgIpc) is 2.71. The van der Waals surface area contributed by atoms with Crippen molar-refractivity contribution < 1.29 is 4.79 Å². The maximum absolute atomic E-state index is 12.8. The molecular formula is C23H42N6O. The lowest BCUT2D eigenvalue weighted by atomic mass is 10.0. The predicted octanol–water partition coefficient (Wildman–Crippen LogP) is 3.50. The van der Waals surface area contributed by atoms with Crippen LogP contribution in [-0.4, -0.2) is 77.7 Å². The minimum atomic E-state index is 0.0531. The molecule has 0 aliphatic carbocycles. The Kier molecular flexibility index (Phi) is 9.34. The van der Waals surface area contributed by atoms with Gasteiger partial charge in [0.05, 0.1) is 0 Å². The van der Waals surface area contributed by atoms with Crippen molar-refractivity contribution >= 4 is 11.8 Å². The van der Waals surface area contributed by atoms with Crippen molar-refractivity contribution in [3.63, 3.8) is 0 Å². The van der Waals surface area contributed by atoms with Crippen molar-refractivity contribution in [3.05, 3.63) is 17.6 Å².